The fourth-order valence-electron chi connectivity index (χ4n) is 4.94. The predicted molar refractivity (Wildman–Crippen MR) is 131 cm³/mol. The van der Waals surface area contributed by atoms with Crippen LogP contribution in [0.4, 0.5) is 0 Å². The van der Waals surface area contributed by atoms with E-state index in [4.69, 9.17) is 0 Å². The molecule has 0 aliphatic heterocycles. The standard InChI is InChI=1S/C26H21BO8/c27-18-15(14-12-7-3-1-5-10(12)9-11-6-2-4-8-13(11)14)20(29)21(30)16(19(18)28)17-22(31)24(33)26(35)25(34)23(17)32/h1-8,10,28-35H,9,27H2. The summed E-state index contributed by atoms with van der Waals surface area (Å²) >= 11 is 0. The molecule has 2 aliphatic carbocycles. The van der Waals surface area contributed by atoms with Crippen molar-refractivity contribution < 1.29 is 40.9 Å². The van der Waals surface area contributed by atoms with Crippen molar-refractivity contribution in [3.8, 4) is 57.1 Å². The second-order valence-electron chi connectivity index (χ2n) is 8.58. The van der Waals surface area contributed by atoms with E-state index in [-0.39, 0.29) is 16.9 Å². The number of hydrogen-bond acceptors (Lipinski definition) is 8. The van der Waals surface area contributed by atoms with E-state index in [9.17, 15) is 40.9 Å². The van der Waals surface area contributed by atoms with E-state index in [1.807, 2.05) is 48.6 Å². The highest BCUT2D eigenvalue weighted by Gasteiger charge is 2.34. The average molecular weight is 472 g/mol. The zero-order valence-corrected chi connectivity index (χ0v) is 18.5. The summed E-state index contributed by atoms with van der Waals surface area (Å²) in [4.78, 5) is 0. The van der Waals surface area contributed by atoms with Crippen LogP contribution in [0.2, 0.25) is 0 Å². The first kappa shape index (κ1) is 22.2. The maximum atomic E-state index is 11.2. The Morgan fingerprint density at radius 1 is 0.629 bits per heavy atom. The van der Waals surface area contributed by atoms with Gasteiger partial charge in [0.1, 0.15) is 13.6 Å². The highest BCUT2D eigenvalue weighted by atomic mass is 16.4. The molecule has 0 fully saturated rings. The van der Waals surface area contributed by atoms with Gasteiger partial charge in [-0.15, -0.1) is 0 Å². The zero-order chi connectivity index (χ0) is 25.2. The van der Waals surface area contributed by atoms with Crippen molar-refractivity contribution in [3.05, 3.63) is 70.8 Å². The van der Waals surface area contributed by atoms with Crippen molar-refractivity contribution in [1.29, 1.82) is 0 Å². The van der Waals surface area contributed by atoms with Crippen molar-refractivity contribution >= 4 is 18.9 Å². The first-order chi connectivity index (χ1) is 16.6. The number of allylic oxidation sites excluding steroid dienone is 5. The van der Waals surface area contributed by atoms with Gasteiger partial charge in [-0.1, -0.05) is 48.6 Å². The number of phenols is 8. The molecule has 8 N–H and O–H groups in total. The maximum Gasteiger partial charge on any atom is 0.208 e. The van der Waals surface area contributed by atoms with Gasteiger partial charge in [-0.25, -0.2) is 0 Å². The Labute approximate surface area is 200 Å². The van der Waals surface area contributed by atoms with Crippen LogP contribution < -0.4 is 5.46 Å². The molecule has 0 amide bonds. The van der Waals surface area contributed by atoms with E-state index in [0.717, 1.165) is 23.1 Å². The van der Waals surface area contributed by atoms with Crippen LogP contribution in [-0.4, -0.2) is 48.7 Å². The molecule has 9 heteroatoms. The molecular weight excluding hydrogens is 451 g/mol. The van der Waals surface area contributed by atoms with Gasteiger partial charge in [0.2, 0.25) is 17.2 Å². The van der Waals surface area contributed by atoms with Gasteiger partial charge in [0.05, 0.1) is 11.1 Å². The molecule has 0 spiro atoms. The minimum absolute atomic E-state index is 0.00624. The lowest BCUT2D eigenvalue weighted by atomic mass is 9.71. The van der Waals surface area contributed by atoms with Crippen LogP contribution in [0.1, 0.15) is 16.7 Å². The first-order valence-corrected chi connectivity index (χ1v) is 10.8. The van der Waals surface area contributed by atoms with Gasteiger partial charge in [-0.3, -0.25) is 0 Å². The molecule has 0 aromatic heterocycles. The normalized spacial score (nSPS) is 16.3. The quantitative estimate of drug-likeness (QED) is 0.160. The second kappa shape index (κ2) is 7.70. The molecule has 3 aromatic rings. The highest BCUT2D eigenvalue weighted by molar-refractivity contribution is 6.38. The molecular formula is C26H21BO8. The van der Waals surface area contributed by atoms with Crippen LogP contribution in [-0.2, 0) is 6.42 Å². The van der Waals surface area contributed by atoms with Crippen molar-refractivity contribution in [3.63, 3.8) is 0 Å². The smallest absolute Gasteiger partial charge is 0.208 e. The Morgan fingerprint density at radius 3 is 1.86 bits per heavy atom. The number of fused-ring (bicyclic) bond motifs is 2. The largest absolute Gasteiger partial charge is 0.508 e. The first-order valence-electron chi connectivity index (χ1n) is 10.8. The molecule has 35 heavy (non-hydrogen) atoms. The number of benzene rings is 3. The van der Waals surface area contributed by atoms with Crippen LogP contribution in [0.5, 0.6) is 46.0 Å². The van der Waals surface area contributed by atoms with Gasteiger partial charge in [-0.2, -0.15) is 0 Å². The van der Waals surface area contributed by atoms with Gasteiger partial charge < -0.3 is 40.9 Å². The maximum absolute atomic E-state index is 11.2. The molecule has 3 aromatic carbocycles. The number of hydrogen-bond donors (Lipinski definition) is 8. The van der Waals surface area contributed by atoms with E-state index in [0.29, 0.717) is 5.57 Å². The Hall–Kier alpha value is -4.66. The van der Waals surface area contributed by atoms with Crippen molar-refractivity contribution in [2.45, 2.75) is 6.42 Å². The van der Waals surface area contributed by atoms with Gasteiger partial charge >= 0.3 is 0 Å². The minimum atomic E-state index is -1.19. The number of aromatic hydroxyl groups is 8. The second-order valence-corrected chi connectivity index (χ2v) is 8.58. The fraction of sp³-hybridized carbons (Fsp3) is 0.0769. The van der Waals surface area contributed by atoms with E-state index >= 15 is 0 Å². The summed E-state index contributed by atoms with van der Waals surface area (Å²) in [6.45, 7) is 0. The average Bonchev–Trinajstić information content (AvgIpc) is 2.86. The Balaban J connectivity index is 1.86. The minimum Gasteiger partial charge on any atom is -0.508 e. The van der Waals surface area contributed by atoms with Gasteiger partial charge in [0.15, 0.2) is 23.0 Å². The Morgan fingerprint density at radius 2 is 1.17 bits per heavy atom. The molecule has 0 saturated carbocycles. The summed E-state index contributed by atoms with van der Waals surface area (Å²) in [6, 6.07) is 7.61. The Kier molecular flexibility index (Phi) is 4.87. The molecule has 176 valence electrons. The SMILES string of the molecule is Bc1c(O)c(-c2c(O)c(O)c(O)c(O)c2O)c(O)c(O)c1C1=C2C=CC=CC2Cc2ccccc21. The van der Waals surface area contributed by atoms with E-state index in [2.05, 4.69) is 0 Å². The molecule has 0 radical (unpaired) electrons. The molecule has 1 atom stereocenters. The van der Waals surface area contributed by atoms with Crippen molar-refractivity contribution in [2.24, 2.45) is 5.92 Å². The molecule has 0 bridgehead atoms. The van der Waals surface area contributed by atoms with Gasteiger partial charge in [0.25, 0.3) is 0 Å². The summed E-state index contributed by atoms with van der Waals surface area (Å²) in [5.74, 6) is -7.91. The third-order valence-electron chi connectivity index (χ3n) is 6.68. The third kappa shape index (κ3) is 3.01. The fourth-order valence-corrected chi connectivity index (χ4v) is 4.94. The van der Waals surface area contributed by atoms with Crippen molar-refractivity contribution in [1.82, 2.24) is 0 Å². The summed E-state index contributed by atoms with van der Waals surface area (Å²) in [5, 5.41) is 83.7. The summed E-state index contributed by atoms with van der Waals surface area (Å²) in [6.07, 6.45) is 8.46. The predicted octanol–water partition coefficient (Wildman–Crippen LogP) is 2.36. The van der Waals surface area contributed by atoms with E-state index < -0.39 is 57.1 Å². The lowest BCUT2D eigenvalue weighted by Crippen LogP contribution is -2.20. The lowest BCUT2D eigenvalue weighted by molar-refractivity contribution is 0.329. The lowest BCUT2D eigenvalue weighted by Gasteiger charge is -2.31. The highest BCUT2D eigenvalue weighted by Crippen LogP contribution is 2.59. The van der Waals surface area contributed by atoms with Gasteiger partial charge in [-0.05, 0) is 34.2 Å². The van der Waals surface area contributed by atoms with Crippen molar-refractivity contribution in [2.75, 3.05) is 0 Å². The molecule has 1 unspecified atom stereocenters. The third-order valence-corrected chi connectivity index (χ3v) is 6.68. The van der Waals surface area contributed by atoms with Crippen LogP contribution in [0, 0.1) is 5.92 Å². The molecule has 2 aliphatic rings. The van der Waals surface area contributed by atoms with Crippen LogP contribution in [0.15, 0.2) is 54.1 Å². The zero-order valence-electron chi connectivity index (χ0n) is 18.5. The molecule has 5 rings (SSSR count). The summed E-state index contributed by atoms with van der Waals surface area (Å²) < 4.78 is 0. The summed E-state index contributed by atoms with van der Waals surface area (Å²) in [7, 11) is 1.49. The number of phenolic OH excluding ortho intramolecular Hbond substituents is 8. The molecule has 0 heterocycles. The molecule has 0 saturated heterocycles. The van der Waals surface area contributed by atoms with Gasteiger partial charge in [0, 0.05) is 11.5 Å². The monoisotopic (exact) mass is 472 g/mol. The van der Waals surface area contributed by atoms with E-state index in [1.165, 1.54) is 7.85 Å². The van der Waals surface area contributed by atoms with E-state index in [1.54, 1.807) is 0 Å². The number of rotatable bonds is 2. The van der Waals surface area contributed by atoms with Crippen LogP contribution >= 0.6 is 0 Å². The Bertz CT molecular complexity index is 1460. The summed E-state index contributed by atoms with van der Waals surface area (Å²) in [5.41, 5.74) is 2.18. The van der Waals surface area contributed by atoms with Crippen LogP contribution in [0.25, 0.3) is 16.7 Å². The molecule has 8 nitrogen and oxygen atoms in total. The van der Waals surface area contributed by atoms with Crippen LogP contribution in [0.3, 0.4) is 0 Å². The topological polar surface area (TPSA) is 162 Å².